The van der Waals surface area contributed by atoms with Crippen molar-refractivity contribution in [3.05, 3.63) is 71.9 Å². The van der Waals surface area contributed by atoms with Crippen molar-refractivity contribution in [1.82, 2.24) is 9.88 Å². The van der Waals surface area contributed by atoms with E-state index < -0.39 is 0 Å². The van der Waals surface area contributed by atoms with Crippen molar-refractivity contribution in [2.45, 2.75) is 19.8 Å². The third-order valence-electron chi connectivity index (χ3n) is 5.53. The molecule has 0 radical (unpaired) electrons. The van der Waals surface area contributed by atoms with Crippen molar-refractivity contribution in [2.24, 2.45) is 11.8 Å². The van der Waals surface area contributed by atoms with Gasteiger partial charge in [-0.05, 0) is 43.4 Å². The monoisotopic (exact) mass is 390 g/mol. The number of benzene rings is 2. The summed E-state index contributed by atoms with van der Waals surface area (Å²) < 4.78 is 5.14. The first kappa shape index (κ1) is 19.2. The van der Waals surface area contributed by atoms with Gasteiger partial charge < -0.3 is 14.6 Å². The molecular weight excluding hydrogens is 364 g/mol. The summed E-state index contributed by atoms with van der Waals surface area (Å²) in [5.41, 5.74) is 2.74. The van der Waals surface area contributed by atoms with E-state index in [0.29, 0.717) is 25.4 Å². The molecule has 1 fully saturated rings. The van der Waals surface area contributed by atoms with Gasteiger partial charge in [0, 0.05) is 24.0 Å². The Morgan fingerprint density at radius 1 is 1.10 bits per heavy atom. The summed E-state index contributed by atoms with van der Waals surface area (Å²) >= 11 is 0. The van der Waals surface area contributed by atoms with Crippen LogP contribution >= 0.6 is 0 Å². The van der Waals surface area contributed by atoms with E-state index in [9.17, 15) is 9.59 Å². The lowest BCUT2D eigenvalue weighted by atomic mass is 10.1. The van der Waals surface area contributed by atoms with E-state index in [1.807, 2.05) is 60.4 Å². The summed E-state index contributed by atoms with van der Waals surface area (Å²) in [5, 5.41) is 1.02. The largest absolute Gasteiger partial charge is 0.466 e. The zero-order chi connectivity index (χ0) is 20.2. The number of aromatic nitrogens is 1. The van der Waals surface area contributed by atoms with Gasteiger partial charge in [-0.15, -0.1) is 0 Å². The number of ether oxygens (including phenoxy) is 1. The van der Waals surface area contributed by atoms with Crippen molar-refractivity contribution >= 4 is 22.8 Å². The second-order valence-corrected chi connectivity index (χ2v) is 7.61. The fourth-order valence-electron chi connectivity index (χ4n) is 3.81. The molecule has 1 heterocycles. The van der Waals surface area contributed by atoms with Crippen LogP contribution in [-0.2, 0) is 16.0 Å². The predicted octanol–water partition coefficient (Wildman–Crippen LogP) is 4.05. The number of rotatable bonds is 8. The second kappa shape index (κ2) is 8.52. The lowest BCUT2D eigenvalue weighted by Gasteiger charge is -2.22. The number of esters is 1. The Kier molecular flexibility index (Phi) is 5.65. The maximum absolute atomic E-state index is 13.3. The van der Waals surface area contributed by atoms with Crippen LogP contribution in [0.4, 0.5) is 0 Å². The second-order valence-electron chi connectivity index (χ2n) is 7.61. The molecule has 1 saturated carbocycles. The zero-order valence-electron chi connectivity index (χ0n) is 16.6. The number of aromatic amines is 1. The number of carbonyl (C=O) groups excluding carboxylic acids is 2. The van der Waals surface area contributed by atoms with Crippen molar-refractivity contribution in [1.29, 1.82) is 0 Å². The van der Waals surface area contributed by atoms with Gasteiger partial charge >= 0.3 is 5.97 Å². The fourth-order valence-corrected chi connectivity index (χ4v) is 3.81. The number of hydrogen-bond donors (Lipinski definition) is 1. The molecule has 1 amide bonds. The van der Waals surface area contributed by atoms with Gasteiger partial charge in [-0.3, -0.25) is 9.59 Å². The Morgan fingerprint density at radius 3 is 2.62 bits per heavy atom. The molecular formula is C24H26N2O3. The molecule has 4 rings (SSSR count). The minimum atomic E-state index is -0.140. The van der Waals surface area contributed by atoms with E-state index in [4.69, 9.17) is 4.74 Å². The van der Waals surface area contributed by atoms with Crippen LogP contribution in [0.15, 0.2) is 60.7 Å². The number of carbonyl (C=O) groups is 2. The third kappa shape index (κ3) is 4.50. The number of para-hydroxylation sites is 1. The van der Waals surface area contributed by atoms with Crippen LogP contribution in [-0.4, -0.2) is 41.5 Å². The molecule has 0 bridgehead atoms. The molecule has 5 nitrogen and oxygen atoms in total. The number of fused-ring (bicyclic) bond motifs is 1. The van der Waals surface area contributed by atoms with Gasteiger partial charge in [-0.1, -0.05) is 48.5 Å². The van der Waals surface area contributed by atoms with Crippen LogP contribution in [0.5, 0.6) is 0 Å². The SMILES string of the molecule is CCOC(=O)[C@@H]1C[C@H]1CN(CCc1ccccc1)C(=O)c1cc2ccccc2[nH]1. The summed E-state index contributed by atoms with van der Waals surface area (Å²) in [7, 11) is 0. The molecule has 1 aliphatic rings. The van der Waals surface area contributed by atoms with Crippen LogP contribution < -0.4 is 0 Å². The molecule has 0 saturated heterocycles. The van der Waals surface area contributed by atoms with Crippen molar-refractivity contribution in [3.8, 4) is 0 Å². The lowest BCUT2D eigenvalue weighted by Crippen LogP contribution is -2.35. The quantitative estimate of drug-likeness (QED) is 0.590. The van der Waals surface area contributed by atoms with Crippen molar-refractivity contribution < 1.29 is 14.3 Å². The summed E-state index contributed by atoms with van der Waals surface area (Å²) in [4.78, 5) is 30.4. The molecule has 0 aliphatic heterocycles. The highest BCUT2D eigenvalue weighted by Gasteiger charge is 2.45. The number of H-pyrrole nitrogens is 1. The average molecular weight is 390 g/mol. The summed E-state index contributed by atoms with van der Waals surface area (Å²) in [6.45, 7) is 3.41. The molecule has 29 heavy (non-hydrogen) atoms. The first-order valence-electron chi connectivity index (χ1n) is 10.2. The molecule has 150 valence electrons. The number of hydrogen-bond acceptors (Lipinski definition) is 3. The predicted molar refractivity (Wildman–Crippen MR) is 113 cm³/mol. The molecule has 0 spiro atoms. The molecule has 1 aromatic heterocycles. The summed E-state index contributed by atoms with van der Waals surface area (Å²) in [5.74, 6) is -0.0620. The maximum Gasteiger partial charge on any atom is 0.309 e. The number of nitrogens with one attached hydrogen (secondary N) is 1. The van der Waals surface area contributed by atoms with E-state index >= 15 is 0 Å². The van der Waals surface area contributed by atoms with E-state index in [1.165, 1.54) is 5.56 Å². The Bertz CT molecular complexity index is 963. The number of amides is 1. The van der Waals surface area contributed by atoms with Gasteiger partial charge in [0.05, 0.1) is 12.5 Å². The van der Waals surface area contributed by atoms with Crippen molar-refractivity contribution in [2.75, 3.05) is 19.7 Å². The van der Waals surface area contributed by atoms with Crippen LogP contribution in [0.1, 0.15) is 29.4 Å². The van der Waals surface area contributed by atoms with Crippen LogP contribution in [0, 0.1) is 11.8 Å². The molecule has 2 atom stereocenters. The normalized spacial score (nSPS) is 17.8. The highest BCUT2D eigenvalue weighted by Crippen LogP contribution is 2.40. The Hall–Kier alpha value is -3.08. The van der Waals surface area contributed by atoms with E-state index in [0.717, 1.165) is 23.7 Å². The van der Waals surface area contributed by atoms with E-state index in [1.54, 1.807) is 0 Å². The van der Waals surface area contributed by atoms with Crippen LogP contribution in [0.3, 0.4) is 0 Å². The minimum Gasteiger partial charge on any atom is -0.466 e. The van der Waals surface area contributed by atoms with Crippen LogP contribution in [0.25, 0.3) is 10.9 Å². The summed E-state index contributed by atoms with van der Waals surface area (Å²) in [6.07, 6.45) is 1.57. The van der Waals surface area contributed by atoms with Gasteiger partial charge in [0.25, 0.3) is 5.91 Å². The third-order valence-corrected chi connectivity index (χ3v) is 5.53. The minimum absolute atomic E-state index is 0.0216. The van der Waals surface area contributed by atoms with Gasteiger partial charge in [-0.2, -0.15) is 0 Å². The molecule has 0 unspecified atom stereocenters. The zero-order valence-corrected chi connectivity index (χ0v) is 16.6. The Balaban J connectivity index is 1.49. The van der Waals surface area contributed by atoms with Gasteiger partial charge in [-0.25, -0.2) is 0 Å². The fraction of sp³-hybridized carbons (Fsp3) is 0.333. The standard InChI is InChI=1S/C24H26N2O3/c1-2-29-24(28)20-14-19(20)16-26(13-12-17-8-4-3-5-9-17)23(27)22-15-18-10-6-7-11-21(18)25-22/h3-11,15,19-20,25H,2,12-14,16H2,1H3/t19-,20+/m0/s1. The van der Waals surface area contributed by atoms with Gasteiger partial charge in [0.2, 0.25) is 0 Å². The highest BCUT2D eigenvalue weighted by molar-refractivity contribution is 5.98. The Morgan fingerprint density at radius 2 is 1.86 bits per heavy atom. The molecule has 1 N–H and O–H groups in total. The first-order chi connectivity index (χ1) is 14.2. The van der Waals surface area contributed by atoms with Crippen molar-refractivity contribution in [3.63, 3.8) is 0 Å². The highest BCUT2D eigenvalue weighted by atomic mass is 16.5. The van der Waals surface area contributed by atoms with Gasteiger partial charge in [0.15, 0.2) is 0 Å². The van der Waals surface area contributed by atoms with Gasteiger partial charge in [0.1, 0.15) is 5.69 Å². The number of nitrogens with zero attached hydrogens (tertiary/aromatic N) is 1. The molecule has 3 aromatic rings. The molecule has 2 aromatic carbocycles. The van der Waals surface area contributed by atoms with Crippen LogP contribution in [0.2, 0.25) is 0 Å². The molecule has 1 aliphatic carbocycles. The Labute approximate surface area is 170 Å². The van der Waals surface area contributed by atoms with E-state index in [2.05, 4.69) is 17.1 Å². The topological polar surface area (TPSA) is 62.4 Å². The van der Waals surface area contributed by atoms with E-state index in [-0.39, 0.29) is 23.7 Å². The lowest BCUT2D eigenvalue weighted by molar-refractivity contribution is -0.145. The summed E-state index contributed by atoms with van der Waals surface area (Å²) in [6, 6.07) is 19.9. The average Bonchev–Trinajstić information content (AvgIpc) is 3.38. The maximum atomic E-state index is 13.3. The molecule has 5 heteroatoms. The smallest absolute Gasteiger partial charge is 0.309 e. The first-order valence-corrected chi connectivity index (χ1v) is 10.2.